The van der Waals surface area contributed by atoms with Gasteiger partial charge in [0, 0.05) is 19.0 Å². The number of ether oxygens (including phenoxy) is 1. The van der Waals surface area contributed by atoms with Crippen LogP contribution in [0.2, 0.25) is 0 Å². The molecule has 0 saturated carbocycles. The second kappa shape index (κ2) is 6.11. The van der Waals surface area contributed by atoms with Gasteiger partial charge in [0.2, 0.25) is 5.91 Å². The highest BCUT2D eigenvalue weighted by Gasteiger charge is 2.34. The molecule has 0 aliphatic carbocycles. The van der Waals surface area contributed by atoms with E-state index in [1.54, 1.807) is 0 Å². The predicted molar refractivity (Wildman–Crippen MR) is 76.7 cm³/mol. The van der Waals surface area contributed by atoms with Gasteiger partial charge >= 0.3 is 0 Å². The zero-order valence-corrected chi connectivity index (χ0v) is 12.6. The lowest BCUT2D eigenvalue weighted by atomic mass is 10.0. The Morgan fingerprint density at radius 3 is 3.14 bits per heavy atom. The standard InChI is InChI=1S/C14H23N5O2/c1-3-15-11-8-21-7-10(11)14(20)16-9(2)13-18-17-12-5-4-6-19(12)13/h9-11,15H,3-8H2,1-2H3,(H,16,20). The van der Waals surface area contributed by atoms with E-state index >= 15 is 0 Å². The number of likely N-dealkylation sites (N-methyl/N-ethyl adjacent to an activating group) is 1. The fourth-order valence-electron chi connectivity index (χ4n) is 3.15. The van der Waals surface area contributed by atoms with Gasteiger partial charge in [-0.05, 0) is 19.9 Å². The summed E-state index contributed by atoms with van der Waals surface area (Å²) in [5.41, 5.74) is 0. The first-order valence-electron chi connectivity index (χ1n) is 7.74. The highest BCUT2D eigenvalue weighted by atomic mass is 16.5. The smallest absolute Gasteiger partial charge is 0.227 e. The van der Waals surface area contributed by atoms with Crippen molar-refractivity contribution in [1.29, 1.82) is 0 Å². The minimum Gasteiger partial charge on any atom is -0.379 e. The number of nitrogens with zero attached hydrogens (tertiary/aromatic N) is 3. The van der Waals surface area contributed by atoms with Crippen LogP contribution in [0.3, 0.4) is 0 Å². The summed E-state index contributed by atoms with van der Waals surface area (Å²) in [7, 11) is 0. The molecule has 1 aromatic rings. The molecule has 1 aromatic heterocycles. The molecule has 0 bridgehead atoms. The first-order chi connectivity index (χ1) is 10.2. The van der Waals surface area contributed by atoms with E-state index in [1.807, 2.05) is 13.8 Å². The quantitative estimate of drug-likeness (QED) is 0.800. The van der Waals surface area contributed by atoms with Gasteiger partial charge in [0.1, 0.15) is 5.82 Å². The summed E-state index contributed by atoms with van der Waals surface area (Å²) in [6.07, 6.45) is 2.09. The molecule has 2 N–H and O–H groups in total. The van der Waals surface area contributed by atoms with E-state index in [0.29, 0.717) is 13.2 Å². The Morgan fingerprint density at radius 1 is 1.48 bits per heavy atom. The van der Waals surface area contributed by atoms with Gasteiger partial charge in [0.15, 0.2) is 5.82 Å². The van der Waals surface area contributed by atoms with E-state index in [2.05, 4.69) is 25.4 Å². The normalized spacial score (nSPS) is 25.8. The minimum atomic E-state index is -0.131. The van der Waals surface area contributed by atoms with E-state index in [9.17, 15) is 4.79 Å². The number of aryl methyl sites for hydroxylation is 1. The zero-order valence-electron chi connectivity index (χ0n) is 12.6. The number of rotatable bonds is 5. The van der Waals surface area contributed by atoms with Crippen LogP contribution in [0.1, 0.15) is 38.0 Å². The third kappa shape index (κ3) is 2.80. The molecular formula is C14H23N5O2. The van der Waals surface area contributed by atoms with Crippen LogP contribution in [-0.4, -0.2) is 46.5 Å². The second-order valence-electron chi connectivity index (χ2n) is 5.77. The maximum absolute atomic E-state index is 12.4. The van der Waals surface area contributed by atoms with E-state index in [1.165, 1.54) is 0 Å². The molecule has 21 heavy (non-hydrogen) atoms. The lowest BCUT2D eigenvalue weighted by molar-refractivity contribution is -0.126. The minimum absolute atomic E-state index is 0.0290. The second-order valence-corrected chi connectivity index (χ2v) is 5.77. The van der Waals surface area contributed by atoms with Crippen LogP contribution in [0.5, 0.6) is 0 Å². The van der Waals surface area contributed by atoms with Gasteiger partial charge in [-0.3, -0.25) is 4.79 Å². The molecule has 3 heterocycles. The van der Waals surface area contributed by atoms with E-state index in [0.717, 1.165) is 37.6 Å². The van der Waals surface area contributed by atoms with Gasteiger partial charge in [-0.25, -0.2) is 0 Å². The molecule has 2 aliphatic rings. The summed E-state index contributed by atoms with van der Waals surface area (Å²) >= 11 is 0. The summed E-state index contributed by atoms with van der Waals surface area (Å²) in [5, 5.41) is 14.8. The number of hydrogen-bond acceptors (Lipinski definition) is 5. The highest BCUT2D eigenvalue weighted by Crippen LogP contribution is 2.20. The van der Waals surface area contributed by atoms with Crippen molar-refractivity contribution in [2.75, 3.05) is 19.8 Å². The molecule has 0 aromatic carbocycles. The Hall–Kier alpha value is -1.47. The van der Waals surface area contributed by atoms with Crippen molar-refractivity contribution < 1.29 is 9.53 Å². The highest BCUT2D eigenvalue weighted by molar-refractivity contribution is 5.80. The van der Waals surface area contributed by atoms with Crippen LogP contribution >= 0.6 is 0 Å². The number of nitrogens with one attached hydrogen (secondary N) is 2. The molecular weight excluding hydrogens is 270 g/mol. The molecule has 3 atom stereocenters. The third-order valence-electron chi connectivity index (χ3n) is 4.27. The largest absolute Gasteiger partial charge is 0.379 e. The fraction of sp³-hybridized carbons (Fsp3) is 0.786. The Morgan fingerprint density at radius 2 is 2.33 bits per heavy atom. The van der Waals surface area contributed by atoms with Crippen molar-refractivity contribution in [3.63, 3.8) is 0 Å². The predicted octanol–water partition coefficient (Wildman–Crippen LogP) is 0.0260. The maximum Gasteiger partial charge on any atom is 0.227 e. The molecule has 0 radical (unpaired) electrons. The van der Waals surface area contributed by atoms with Crippen LogP contribution in [0.15, 0.2) is 0 Å². The zero-order chi connectivity index (χ0) is 14.8. The molecule has 3 unspecified atom stereocenters. The number of aromatic nitrogens is 3. The van der Waals surface area contributed by atoms with Crippen molar-refractivity contribution in [2.45, 2.75) is 45.3 Å². The average molecular weight is 293 g/mol. The molecule has 7 nitrogen and oxygen atoms in total. The van der Waals surface area contributed by atoms with Crippen LogP contribution in [0.4, 0.5) is 0 Å². The number of hydrogen-bond donors (Lipinski definition) is 2. The lowest BCUT2D eigenvalue weighted by Crippen LogP contribution is -2.44. The summed E-state index contributed by atoms with van der Waals surface area (Å²) in [5.74, 6) is 1.78. The van der Waals surface area contributed by atoms with Crippen molar-refractivity contribution in [2.24, 2.45) is 5.92 Å². The molecule has 1 saturated heterocycles. The Labute approximate surface area is 124 Å². The van der Waals surface area contributed by atoms with E-state index < -0.39 is 0 Å². The first-order valence-corrected chi connectivity index (χ1v) is 7.74. The van der Waals surface area contributed by atoms with Crippen LogP contribution in [-0.2, 0) is 22.5 Å². The van der Waals surface area contributed by atoms with Crippen molar-refractivity contribution in [1.82, 2.24) is 25.4 Å². The summed E-state index contributed by atoms with van der Waals surface area (Å²) in [6.45, 7) is 6.87. The molecule has 3 rings (SSSR count). The van der Waals surface area contributed by atoms with E-state index in [4.69, 9.17) is 4.74 Å². The van der Waals surface area contributed by atoms with Crippen molar-refractivity contribution in [3.05, 3.63) is 11.6 Å². The molecule has 116 valence electrons. The van der Waals surface area contributed by atoms with Gasteiger partial charge in [-0.15, -0.1) is 10.2 Å². The average Bonchev–Trinajstić information content (AvgIpc) is 3.14. The van der Waals surface area contributed by atoms with Crippen molar-refractivity contribution >= 4 is 5.91 Å². The SMILES string of the molecule is CCNC1COCC1C(=O)NC(C)c1nnc2n1CCC2. The van der Waals surface area contributed by atoms with Gasteiger partial charge in [0.25, 0.3) is 0 Å². The fourth-order valence-corrected chi connectivity index (χ4v) is 3.15. The third-order valence-corrected chi connectivity index (χ3v) is 4.27. The number of carbonyl (C=O) groups is 1. The number of amides is 1. The monoisotopic (exact) mass is 293 g/mol. The van der Waals surface area contributed by atoms with Gasteiger partial charge in [-0.2, -0.15) is 0 Å². The molecule has 0 spiro atoms. The summed E-state index contributed by atoms with van der Waals surface area (Å²) in [6, 6.07) is -0.0222. The molecule has 7 heteroatoms. The van der Waals surface area contributed by atoms with Gasteiger partial charge < -0.3 is 19.9 Å². The number of fused-ring (bicyclic) bond motifs is 1. The first kappa shape index (κ1) is 14.5. The van der Waals surface area contributed by atoms with Crippen LogP contribution < -0.4 is 10.6 Å². The van der Waals surface area contributed by atoms with Crippen LogP contribution in [0.25, 0.3) is 0 Å². The summed E-state index contributed by atoms with van der Waals surface area (Å²) in [4.78, 5) is 12.4. The number of carbonyl (C=O) groups excluding carboxylic acids is 1. The van der Waals surface area contributed by atoms with E-state index in [-0.39, 0.29) is 23.9 Å². The maximum atomic E-state index is 12.4. The lowest BCUT2D eigenvalue weighted by Gasteiger charge is -2.20. The molecule has 1 amide bonds. The summed E-state index contributed by atoms with van der Waals surface area (Å²) < 4.78 is 7.56. The Bertz CT molecular complexity index is 515. The Kier molecular flexibility index (Phi) is 4.21. The van der Waals surface area contributed by atoms with Crippen molar-refractivity contribution in [3.8, 4) is 0 Å². The molecule has 2 aliphatic heterocycles. The topological polar surface area (TPSA) is 81.1 Å². The molecule has 1 fully saturated rings. The Balaban J connectivity index is 1.64. The van der Waals surface area contributed by atoms with Gasteiger partial charge in [-0.1, -0.05) is 6.92 Å². The van der Waals surface area contributed by atoms with Gasteiger partial charge in [0.05, 0.1) is 25.2 Å². The van der Waals surface area contributed by atoms with Crippen LogP contribution in [0, 0.1) is 5.92 Å².